The third-order valence-corrected chi connectivity index (χ3v) is 0.692. The number of hydrogen-bond acceptors (Lipinski definition) is 1. The summed E-state index contributed by atoms with van der Waals surface area (Å²) in [4.78, 5) is 0. The van der Waals surface area contributed by atoms with Gasteiger partial charge >= 0.3 is 0 Å². The van der Waals surface area contributed by atoms with E-state index in [0.29, 0.717) is 0 Å². The Bertz CT molecular complexity index is 141. The van der Waals surface area contributed by atoms with Crippen LogP contribution in [0.3, 0.4) is 0 Å². The van der Waals surface area contributed by atoms with Crippen LogP contribution < -0.4 is 5.73 Å². The maximum Gasteiger partial charge on any atom is -0.00624 e. The molecule has 0 atom stereocenters. The van der Waals surface area contributed by atoms with Gasteiger partial charge in [0.1, 0.15) is 0 Å². The summed E-state index contributed by atoms with van der Waals surface area (Å²) in [6, 6.07) is 0. The van der Waals surface area contributed by atoms with E-state index in [4.69, 9.17) is 5.73 Å². The van der Waals surface area contributed by atoms with E-state index < -0.39 is 0 Å². The molecule has 0 fully saturated rings. The molecule has 2 N–H and O–H groups in total. The van der Waals surface area contributed by atoms with Crippen LogP contribution >= 0.6 is 0 Å². The number of rotatable bonds is 3. The molecule has 0 aliphatic rings. The van der Waals surface area contributed by atoms with E-state index in [1.807, 2.05) is 24.3 Å². The van der Waals surface area contributed by atoms with Crippen LogP contribution in [0.25, 0.3) is 0 Å². The Labute approximate surface area is 55.9 Å². The fraction of sp³-hybridized carbons (Fsp3) is 0. The van der Waals surface area contributed by atoms with Crippen molar-refractivity contribution in [2.45, 2.75) is 0 Å². The van der Waals surface area contributed by atoms with Crippen LogP contribution in [0.4, 0.5) is 0 Å². The maximum absolute atomic E-state index is 5.07. The summed E-state index contributed by atoms with van der Waals surface area (Å²) in [6.07, 6.45) is 12.4. The van der Waals surface area contributed by atoms with E-state index in [9.17, 15) is 0 Å². The van der Waals surface area contributed by atoms with Crippen molar-refractivity contribution in [1.29, 1.82) is 0 Å². The summed E-state index contributed by atoms with van der Waals surface area (Å²) >= 11 is 0. The zero-order chi connectivity index (χ0) is 6.95. The van der Waals surface area contributed by atoms with E-state index in [1.165, 1.54) is 6.20 Å². The molecule has 0 heterocycles. The van der Waals surface area contributed by atoms with Crippen molar-refractivity contribution < 1.29 is 0 Å². The van der Waals surface area contributed by atoms with Gasteiger partial charge in [-0.05, 0) is 12.3 Å². The fourth-order valence-electron chi connectivity index (χ4n) is 0.335. The quantitative estimate of drug-likeness (QED) is 0.566. The summed E-state index contributed by atoms with van der Waals surface area (Å²) in [6.45, 7) is 3.52. The maximum atomic E-state index is 5.07. The van der Waals surface area contributed by atoms with Gasteiger partial charge in [0.15, 0.2) is 0 Å². The van der Waals surface area contributed by atoms with Crippen molar-refractivity contribution in [1.82, 2.24) is 0 Å². The molecule has 0 aliphatic carbocycles. The number of allylic oxidation sites excluding steroid dienone is 6. The van der Waals surface area contributed by atoms with Gasteiger partial charge < -0.3 is 5.73 Å². The lowest BCUT2D eigenvalue weighted by Crippen LogP contribution is -1.71. The van der Waals surface area contributed by atoms with Crippen molar-refractivity contribution in [2.75, 3.05) is 0 Å². The monoisotopic (exact) mass is 121 g/mol. The van der Waals surface area contributed by atoms with E-state index in [0.717, 1.165) is 0 Å². The molecule has 0 spiro atoms. The molecule has 0 aliphatic heterocycles. The van der Waals surface area contributed by atoms with Crippen LogP contribution in [0.1, 0.15) is 0 Å². The Morgan fingerprint density at radius 1 is 0.889 bits per heavy atom. The molecule has 0 rings (SSSR count). The molecule has 0 radical (unpaired) electrons. The Hall–Kier alpha value is -1.24. The van der Waals surface area contributed by atoms with Gasteiger partial charge in [-0.3, -0.25) is 0 Å². The largest absolute Gasteiger partial charge is 0.405 e. The second-order valence-electron chi connectivity index (χ2n) is 1.39. The third-order valence-electron chi connectivity index (χ3n) is 0.692. The number of nitrogens with two attached hydrogens (primary N) is 1. The minimum Gasteiger partial charge on any atom is -0.405 e. The molecular formula is C8H11N. The molecule has 9 heavy (non-hydrogen) atoms. The summed E-state index contributed by atoms with van der Waals surface area (Å²) in [5.41, 5.74) is 5.07. The predicted octanol–water partition coefficient (Wildman–Crippen LogP) is 1.76. The molecule has 1 heteroatoms. The van der Waals surface area contributed by atoms with Gasteiger partial charge in [0, 0.05) is 0 Å². The lowest BCUT2D eigenvalue weighted by molar-refractivity contribution is 1.60. The van der Waals surface area contributed by atoms with Crippen LogP contribution in [0.15, 0.2) is 49.2 Å². The first-order valence-corrected chi connectivity index (χ1v) is 2.74. The van der Waals surface area contributed by atoms with E-state index in [2.05, 4.69) is 6.58 Å². The van der Waals surface area contributed by atoms with Gasteiger partial charge in [0.25, 0.3) is 0 Å². The second-order valence-corrected chi connectivity index (χ2v) is 1.39. The predicted molar refractivity (Wildman–Crippen MR) is 41.8 cm³/mol. The zero-order valence-corrected chi connectivity index (χ0v) is 5.33. The third kappa shape index (κ3) is 6.76. The highest BCUT2D eigenvalue weighted by Crippen LogP contribution is 1.77. The van der Waals surface area contributed by atoms with E-state index in [-0.39, 0.29) is 0 Å². The van der Waals surface area contributed by atoms with E-state index >= 15 is 0 Å². The molecule has 0 saturated carbocycles. The smallest absolute Gasteiger partial charge is 0.00624 e. The summed E-state index contributed by atoms with van der Waals surface area (Å²) < 4.78 is 0. The lowest BCUT2D eigenvalue weighted by Gasteiger charge is -1.69. The van der Waals surface area contributed by atoms with Crippen molar-refractivity contribution in [3.8, 4) is 0 Å². The molecule has 48 valence electrons. The molecule has 0 unspecified atom stereocenters. The van der Waals surface area contributed by atoms with Crippen molar-refractivity contribution in [3.05, 3.63) is 49.2 Å². The minimum absolute atomic E-state index is 1.48. The lowest BCUT2D eigenvalue weighted by atomic mass is 10.4. The van der Waals surface area contributed by atoms with Crippen molar-refractivity contribution in [3.63, 3.8) is 0 Å². The van der Waals surface area contributed by atoms with Gasteiger partial charge in [-0.25, -0.2) is 0 Å². The van der Waals surface area contributed by atoms with Crippen molar-refractivity contribution >= 4 is 0 Å². The Kier molecular flexibility index (Phi) is 5.83. The summed E-state index contributed by atoms with van der Waals surface area (Å²) in [5.74, 6) is 0. The zero-order valence-electron chi connectivity index (χ0n) is 5.33. The first-order chi connectivity index (χ1) is 4.41. The summed E-state index contributed by atoms with van der Waals surface area (Å²) in [7, 11) is 0. The molecule has 0 aromatic heterocycles. The van der Waals surface area contributed by atoms with Crippen LogP contribution in [0, 0.1) is 0 Å². The first kappa shape index (κ1) is 7.76. The van der Waals surface area contributed by atoms with Crippen molar-refractivity contribution in [2.24, 2.45) is 5.73 Å². The van der Waals surface area contributed by atoms with Crippen LogP contribution in [-0.2, 0) is 0 Å². The Balaban J connectivity index is 3.46. The van der Waals surface area contributed by atoms with Gasteiger partial charge in [0.05, 0.1) is 0 Å². The molecule has 0 aromatic carbocycles. The molecular weight excluding hydrogens is 110 g/mol. The average Bonchev–Trinajstić information content (AvgIpc) is 1.89. The topological polar surface area (TPSA) is 26.0 Å². The fourth-order valence-corrected chi connectivity index (χ4v) is 0.335. The highest BCUT2D eigenvalue weighted by molar-refractivity contribution is 5.13. The SMILES string of the molecule is C=C/C=C/C=C/C=C/N. The van der Waals surface area contributed by atoms with Gasteiger partial charge in [-0.2, -0.15) is 0 Å². The molecule has 1 nitrogen and oxygen atoms in total. The average molecular weight is 121 g/mol. The highest BCUT2D eigenvalue weighted by Gasteiger charge is 1.57. The molecule has 0 amide bonds. The minimum atomic E-state index is 1.48. The van der Waals surface area contributed by atoms with Gasteiger partial charge in [-0.15, -0.1) is 0 Å². The normalized spacial score (nSPS) is 12.0. The summed E-state index contributed by atoms with van der Waals surface area (Å²) in [5, 5.41) is 0. The van der Waals surface area contributed by atoms with Crippen LogP contribution in [0.5, 0.6) is 0 Å². The standard InChI is InChI=1S/C8H11N/c1-2-3-4-5-6-7-8-9/h2-8H,1,9H2/b4-3+,6-5+,8-7+. The van der Waals surface area contributed by atoms with Crippen LogP contribution in [0.2, 0.25) is 0 Å². The van der Waals surface area contributed by atoms with Gasteiger partial charge in [-0.1, -0.05) is 37.0 Å². The highest BCUT2D eigenvalue weighted by atomic mass is 14.5. The molecule has 0 bridgehead atoms. The molecule has 0 saturated heterocycles. The van der Waals surface area contributed by atoms with E-state index in [1.54, 1.807) is 12.2 Å². The Morgan fingerprint density at radius 3 is 2.00 bits per heavy atom. The molecule has 0 aromatic rings. The first-order valence-electron chi connectivity index (χ1n) is 2.74. The second kappa shape index (κ2) is 6.76. The van der Waals surface area contributed by atoms with Gasteiger partial charge in [0.2, 0.25) is 0 Å². The van der Waals surface area contributed by atoms with Crippen LogP contribution in [-0.4, -0.2) is 0 Å². The Morgan fingerprint density at radius 2 is 1.44 bits per heavy atom. The number of hydrogen-bond donors (Lipinski definition) is 1.